The van der Waals surface area contributed by atoms with Gasteiger partial charge in [-0.2, -0.15) is 0 Å². The van der Waals surface area contributed by atoms with Crippen LogP contribution in [-0.2, 0) is 16.4 Å². The van der Waals surface area contributed by atoms with Gasteiger partial charge in [0.05, 0.1) is 25.7 Å². The normalized spacial score (nSPS) is 18.9. The third-order valence-electron chi connectivity index (χ3n) is 5.19. The molecule has 1 aliphatic rings. The first-order chi connectivity index (χ1) is 14.4. The maximum absolute atomic E-state index is 12.0. The van der Waals surface area contributed by atoms with Gasteiger partial charge in [-0.05, 0) is 48.4 Å². The molecule has 30 heavy (non-hydrogen) atoms. The Morgan fingerprint density at radius 1 is 1.07 bits per heavy atom. The standard InChI is InChI=1S/C22H29NO6S/c1-27-20-6-8-21(9-7-20)29-15-19(24)14-23(18-10-11-30(25,26)16-18)13-17-4-3-5-22(12-17)28-2/h3-9,12,18-19,24H,10-11,13-16H2,1-2H3/t18-,19-/m1/s1. The molecule has 1 saturated heterocycles. The Kier molecular flexibility index (Phi) is 7.58. The Hall–Kier alpha value is -2.29. The SMILES string of the molecule is COc1ccc(OC[C@H](O)CN(Cc2cccc(OC)c2)[C@@H]2CCS(=O)(=O)C2)cc1. The molecule has 2 aromatic rings. The van der Waals surface area contributed by atoms with Gasteiger partial charge in [-0.3, -0.25) is 4.90 Å². The van der Waals surface area contributed by atoms with Crippen molar-refractivity contribution < 1.29 is 27.7 Å². The van der Waals surface area contributed by atoms with Crippen LogP contribution in [0.5, 0.6) is 17.2 Å². The molecule has 0 radical (unpaired) electrons. The van der Waals surface area contributed by atoms with E-state index in [9.17, 15) is 13.5 Å². The van der Waals surface area contributed by atoms with Crippen LogP contribution in [0.15, 0.2) is 48.5 Å². The van der Waals surface area contributed by atoms with Crippen LogP contribution in [0.3, 0.4) is 0 Å². The van der Waals surface area contributed by atoms with Gasteiger partial charge in [0.1, 0.15) is 30.0 Å². The van der Waals surface area contributed by atoms with E-state index in [0.717, 1.165) is 17.1 Å². The number of aliphatic hydroxyl groups is 1. The fourth-order valence-electron chi connectivity index (χ4n) is 3.60. The number of hydrogen-bond donors (Lipinski definition) is 1. The van der Waals surface area contributed by atoms with Crippen LogP contribution in [0.2, 0.25) is 0 Å². The number of hydrogen-bond acceptors (Lipinski definition) is 7. The van der Waals surface area contributed by atoms with Crippen LogP contribution < -0.4 is 14.2 Å². The third-order valence-corrected chi connectivity index (χ3v) is 6.94. The second-order valence-corrected chi connectivity index (χ2v) is 9.71. The van der Waals surface area contributed by atoms with Gasteiger partial charge in [-0.15, -0.1) is 0 Å². The van der Waals surface area contributed by atoms with E-state index in [1.165, 1.54) is 0 Å². The zero-order valence-electron chi connectivity index (χ0n) is 17.4. The molecule has 0 aromatic heterocycles. The van der Waals surface area contributed by atoms with E-state index in [0.29, 0.717) is 25.3 Å². The number of ether oxygens (including phenoxy) is 3. The zero-order valence-corrected chi connectivity index (χ0v) is 18.2. The first kappa shape index (κ1) is 22.4. The Balaban J connectivity index is 1.64. The number of rotatable bonds is 10. The molecule has 1 heterocycles. The van der Waals surface area contributed by atoms with Crippen molar-refractivity contribution in [2.75, 3.05) is 38.9 Å². The molecule has 2 aromatic carbocycles. The average Bonchev–Trinajstić information content (AvgIpc) is 3.12. The first-order valence-electron chi connectivity index (χ1n) is 9.91. The van der Waals surface area contributed by atoms with E-state index in [-0.39, 0.29) is 24.2 Å². The minimum Gasteiger partial charge on any atom is -0.497 e. The zero-order chi connectivity index (χ0) is 21.6. The molecule has 8 heteroatoms. The van der Waals surface area contributed by atoms with Crippen molar-refractivity contribution >= 4 is 9.84 Å². The van der Waals surface area contributed by atoms with Crippen molar-refractivity contribution in [3.05, 3.63) is 54.1 Å². The molecule has 7 nitrogen and oxygen atoms in total. The van der Waals surface area contributed by atoms with Crippen LogP contribution >= 0.6 is 0 Å². The van der Waals surface area contributed by atoms with Gasteiger partial charge >= 0.3 is 0 Å². The highest BCUT2D eigenvalue weighted by atomic mass is 32.2. The maximum Gasteiger partial charge on any atom is 0.151 e. The molecule has 1 N–H and O–H groups in total. The number of aliphatic hydroxyl groups excluding tert-OH is 1. The molecule has 1 fully saturated rings. The second-order valence-electron chi connectivity index (χ2n) is 7.48. The Bertz CT molecular complexity index is 915. The van der Waals surface area contributed by atoms with E-state index in [1.807, 2.05) is 29.2 Å². The predicted octanol–water partition coefficient (Wildman–Crippen LogP) is 2.13. The smallest absolute Gasteiger partial charge is 0.151 e. The van der Waals surface area contributed by atoms with Crippen LogP contribution in [0.4, 0.5) is 0 Å². The van der Waals surface area contributed by atoms with Crippen molar-refractivity contribution in [2.45, 2.75) is 25.1 Å². The quantitative estimate of drug-likeness (QED) is 0.612. The van der Waals surface area contributed by atoms with Crippen LogP contribution in [0.25, 0.3) is 0 Å². The Morgan fingerprint density at radius 2 is 1.77 bits per heavy atom. The van der Waals surface area contributed by atoms with Crippen molar-refractivity contribution in [1.82, 2.24) is 4.90 Å². The van der Waals surface area contributed by atoms with Crippen molar-refractivity contribution in [1.29, 1.82) is 0 Å². The lowest BCUT2D eigenvalue weighted by atomic mass is 10.1. The van der Waals surface area contributed by atoms with Crippen molar-refractivity contribution in [3.8, 4) is 17.2 Å². The molecular weight excluding hydrogens is 406 g/mol. The first-order valence-corrected chi connectivity index (χ1v) is 11.7. The molecular formula is C22H29NO6S. The van der Waals surface area contributed by atoms with Gasteiger partial charge in [0.15, 0.2) is 9.84 Å². The maximum atomic E-state index is 12.0. The highest BCUT2D eigenvalue weighted by Gasteiger charge is 2.33. The summed E-state index contributed by atoms with van der Waals surface area (Å²) >= 11 is 0. The summed E-state index contributed by atoms with van der Waals surface area (Å²) in [6, 6.07) is 14.7. The van der Waals surface area contributed by atoms with Gasteiger partial charge in [0, 0.05) is 19.1 Å². The summed E-state index contributed by atoms with van der Waals surface area (Å²) in [5.41, 5.74) is 1.00. The van der Waals surface area contributed by atoms with Crippen LogP contribution in [0.1, 0.15) is 12.0 Å². The Morgan fingerprint density at radius 3 is 2.40 bits per heavy atom. The molecule has 3 rings (SSSR count). The summed E-state index contributed by atoms with van der Waals surface area (Å²) in [6.07, 6.45) is -0.195. The molecule has 0 bridgehead atoms. The van der Waals surface area contributed by atoms with Crippen LogP contribution in [-0.4, -0.2) is 69.4 Å². The van der Waals surface area contributed by atoms with Crippen molar-refractivity contribution in [2.24, 2.45) is 0 Å². The predicted molar refractivity (Wildman–Crippen MR) is 115 cm³/mol. The largest absolute Gasteiger partial charge is 0.497 e. The molecule has 164 valence electrons. The number of methoxy groups -OCH3 is 2. The second kappa shape index (κ2) is 10.1. The molecule has 1 aliphatic heterocycles. The van der Waals surface area contributed by atoms with Gasteiger partial charge in [0.2, 0.25) is 0 Å². The summed E-state index contributed by atoms with van der Waals surface area (Å²) < 4.78 is 40.1. The summed E-state index contributed by atoms with van der Waals surface area (Å²) in [5, 5.41) is 10.6. The van der Waals surface area contributed by atoms with E-state index >= 15 is 0 Å². The van der Waals surface area contributed by atoms with Crippen LogP contribution in [0, 0.1) is 0 Å². The molecule has 0 spiro atoms. The topological polar surface area (TPSA) is 85.3 Å². The molecule has 0 saturated carbocycles. The van der Waals surface area contributed by atoms with E-state index < -0.39 is 15.9 Å². The van der Waals surface area contributed by atoms with E-state index in [2.05, 4.69) is 0 Å². The number of nitrogens with zero attached hydrogens (tertiary/aromatic N) is 1. The van der Waals surface area contributed by atoms with Gasteiger partial charge in [0.25, 0.3) is 0 Å². The van der Waals surface area contributed by atoms with Gasteiger partial charge < -0.3 is 19.3 Å². The molecule has 0 aliphatic carbocycles. The highest BCUT2D eigenvalue weighted by molar-refractivity contribution is 7.91. The molecule has 0 amide bonds. The third kappa shape index (κ3) is 6.35. The number of benzene rings is 2. The summed E-state index contributed by atoms with van der Waals surface area (Å²) in [7, 11) is 0.174. The average molecular weight is 436 g/mol. The fourth-order valence-corrected chi connectivity index (χ4v) is 5.36. The molecule has 2 atom stereocenters. The molecule has 0 unspecified atom stereocenters. The van der Waals surface area contributed by atoms with Crippen molar-refractivity contribution in [3.63, 3.8) is 0 Å². The summed E-state index contributed by atoms with van der Waals surface area (Å²) in [4.78, 5) is 2.03. The summed E-state index contributed by atoms with van der Waals surface area (Å²) in [5.74, 6) is 2.41. The minimum absolute atomic E-state index is 0.112. The van der Waals surface area contributed by atoms with E-state index in [4.69, 9.17) is 14.2 Å². The highest BCUT2D eigenvalue weighted by Crippen LogP contribution is 2.22. The minimum atomic E-state index is -3.03. The Labute approximate surface area is 178 Å². The van der Waals surface area contributed by atoms with Gasteiger partial charge in [-0.25, -0.2) is 8.42 Å². The lowest BCUT2D eigenvalue weighted by Gasteiger charge is -2.30. The summed E-state index contributed by atoms with van der Waals surface area (Å²) in [6.45, 7) is 0.949. The van der Waals surface area contributed by atoms with Gasteiger partial charge in [-0.1, -0.05) is 12.1 Å². The van der Waals surface area contributed by atoms with E-state index in [1.54, 1.807) is 38.5 Å². The lowest BCUT2D eigenvalue weighted by Crippen LogP contribution is -2.42. The monoisotopic (exact) mass is 435 g/mol. The fraction of sp³-hybridized carbons (Fsp3) is 0.455. The lowest BCUT2D eigenvalue weighted by molar-refractivity contribution is 0.0524. The number of sulfone groups is 1.